The van der Waals surface area contributed by atoms with E-state index in [1.165, 1.54) is 39.9 Å². The number of amides is 1. The van der Waals surface area contributed by atoms with Crippen LogP contribution >= 0.6 is 11.3 Å². The Morgan fingerprint density at radius 3 is 2.34 bits per heavy atom. The maximum atomic E-state index is 13.3. The number of ether oxygens (including phenoxy) is 3. The number of anilines is 1. The standard InChI is InChI=1S/C29H29N3O7S2/c1-3-32(21-8-6-5-7-9-21)41(35,36)22-12-10-20(11-13-22)28(34)30-29-31(15-14-27(33)37-4-2)23-18-24-25(19-26(23)40-29)39-17-16-38-24/h5-13,18-19H,3-4,14-17H2,1-2H3. The van der Waals surface area contributed by atoms with Crippen molar-refractivity contribution in [3.8, 4) is 11.5 Å². The van der Waals surface area contributed by atoms with Crippen LogP contribution in [0.5, 0.6) is 11.5 Å². The Morgan fingerprint density at radius 1 is 1.00 bits per heavy atom. The Bertz CT molecular complexity index is 1740. The number of carbonyl (C=O) groups excluding carboxylic acids is 2. The van der Waals surface area contributed by atoms with E-state index in [0.29, 0.717) is 35.2 Å². The van der Waals surface area contributed by atoms with Crippen LogP contribution in [0.1, 0.15) is 30.6 Å². The molecular formula is C29H29N3O7S2. The third-order valence-electron chi connectivity index (χ3n) is 6.41. The summed E-state index contributed by atoms with van der Waals surface area (Å²) >= 11 is 1.28. The van der Waals surface area contributed by atoms with Crippen molar-refractivity contribution in [2.75, 3.05) is 30.7 Å². The zero-order chi connectivity index (χ0) is 29.0. The van der Waals surface area contributed by atoms with Crippen molar-refractivity contribution in [3.05, 3.63) is 77.1 Å². The van der Waals surface area contributed by atoms with Crippen molar-refractivity contribution in [1.29, 1.82) is 0 Å². The van der Waals surface area contributed by atoms with Crippen LogP contribution < -0.4 is 18.6 Å². The minimum absolute atomic E-state index is 0.0664. The summed E-state index contributed by atoms with van der Waals surface area (Å²) in [5, 5.41) is 0. The number of sulfonamides is 1. The molecule has 10 nitrogen and oxygen atoms in total. The molecule has 0 spiro atoms. The van der Waals surface area contributed by atoms with E-state index in [-0.39, 0.29) is 42.5 Å². The third-order valence-corrected chi connectivity index (χ3v) is 9.37. The van der Waals surface area contributed by atoms with Crippen molar-refractivity contribution < 1.29 is 32.2 Å². The number of nitrogens with zero attached hydrogens (tertiary/aromatic N) is 3. The van der Waals surface area contributed by atoms with E-state index in [2.05, 4.69) is 4.99 Å². The van der Waals surface area contributed by atoms with Crippen LogP contribution in [-0.4, -0.2) is 51.2 Å². The van der Waals surface area contributed by atoms with Gasteiger partial charge in [-0.3, -0.25) is 13.9 Å². The van der Waals surface area contributed by atoms with Crippen LogP contribution in [0.25, 0.3) is 10.2 Å². The van der Waals surface area contributed by atoms with Gasteiger partial charge in [-0.25, -0.2) is 8.42 Å². The fourth-order valence-corrected chi connectivity index (χ4v) is 7.02. The van der Waals surface area contributed by atoms with E-state index < -0.39 is 15.9 Å². The van der Waals surface area contributed by atoms with Crippen molar-refractivity contribution in [1.82, 2.24) is 4.57 Å². The Hall–Kier alpha value is -4.16. The van der Waals surface area contributed by atoms with Crippen LogP contribution in [0.15, 0.2) is 76.6 Å². The lowest BCUT2D eigenvalue weighted by Gasteiger charge is -2.22. The quantitative estimate of drug-likeness (QED) is 0.264. The van der Waals surface area contributed by atoms with E-state index in [1.54, 1.807) is 42.7 Å². The number of esters is 1. The van der Waals surface area contributed by atoms with Crippen LogP contribution in [0.2, 0.25) is 0 Å². The summed E-state index contributed by atoms with van der Waals surface area (Å²) in [6.07, 6.45) is 0.0946. The lowest BCUT2D eigenvalue weighted by atomic mass is 10.2. The summed E-state index contributed by atoms with van der Waals surface area (Å²) in [6.45, 7) is 5.14. The van der Waals surface area contributed by atoms with E-state index in [1.807, 2.05) is 18.2 Å². The average Bonchev–Trinajstić information content (AvgIpc) is 3.31. The van der Waals surface area contributed by atoms with Gasteiger partial charge in [-0.15, -0.1) is 0 Å². The maximum absolute atomic E-state index is 13.3. The highest BCUT2D eigenvalue weighted by Gasteiger charge is 2.24. The van der Waals surface area contributed by atoms with Crippen molar-refractivity contribution in [2.45, 2.75) is 31.7 Å². The molecule has 5 rings (SSSR count). The molecule has 0 atom stereocenters. The largest absolute Gasteiger partial charge is 0.486 e. The maximum Gasteiger partial charge on any atom is 0.307 e. The summed E-state index contributed by atoms with van der Waals surface area (Å²) in [5.74, 6) is 0.284. The third kappa shape index (κ3) is 5.98. The number of thiazole rings is 1. The van der Waals surface area contributed by atoms with Gasteiger partial charge in [0.05, 0.1) is 33.8 Å². The fraction of sp³-hybridized carbons (Fsp3) is 0.276. The van der Waals surface area contributed by atoms with Crippen molar-refractivity contribution in [3.63, 3.8) is 0 Å². The van der Waals surface area contributed by atoms with Crippen LogP contribution in [0, 0.1) is 0 Å². The second-order valence-electron chi connectivity index (χ2n) is 9.00. The molecule has 0 unspecified atom stereocenters. The lowest BCUT2D eigenvalue weighted by molar-refractivity contribution is -0.143. The molecule has 1 aliphatic rings. The predicted octanol–water partition coefficient (Wildman–Crippen LogP) is 4.38. The van der Waals surface area contributed by atoms with Crippen LogP contribution in [0.4, 0.5) is 5.69 Å². The number of benzene rings is 3. The zero-order valence-electron chi connectivity index (χ0n) is 22.6. The van der Waals surface area contributed by atoms with Gasteiger partial charge in [0.2, 0.25) is 0 Å². The number of hydrogen-bond donors (Lipinski definition) is 0. The molecule has 41 heavy (non-hydrogen) atoms. The molecule has 1 aliphatic heterocycles. The minimum atomic E-state index is -3.84. The Morgan fingerprint density at radius 2 is 1.68 bits per heavy atom. The Labute approximate surface area is 241 Å². The van der Waals surface area contributed by atoms with Gasteiger partial charge in [-0.2, -0.15) is 4.99 Å². The zero-order valence-corrected chi connectivity index (χ0v) is 24.2. The molecular weight excluding hydrogens is 566 g/mol. The molecule has 1 aromatic heterocycles. The first kappa shape index (κ1) is 28.4. The second kappa shape index (κ2) is 12.1. The first-order valence-electron chi connectivity index (χ1n) is 13.2. The van der Waals surface area contributed by atoms with Gasteiger partial charge in [-0.05, 0) is 50.2 Å². The smallest absolute Gasteiger partial charge is 0.307 e. The molecule has 0 saturated carbocycles. The highest BCUT2D eigenvalue weighted by Crippen LogP contribution is 2.35. The molecule has 12 heteroatoms. The molecule has 0 bridgehead atoms. The van der Waals surface area contributed by atoms with E-state index >= 15 is 0 Å². The summed E-state index contributed by atoms with van der Waals surface area (Å²) in [4.78, 5) is 30.2. The number of aromatic nitrogens is 1. The number of fused-ring (bicyclic) bond motifs is 2. The number of aryl methyl sites for hydroxylation is 1. The van der Waals surface area contributed by atoms with E-state index in [0.717, 1.165) is 10.2 Å². The average molecular weight is 596 g/mol. The van der Waals surface area contributed by atoms with E-state index in [4.69, 9.17) is 14.2 Å². The van der Waals surface area contributed by atoms with Gasteiger partial charge < -0.3 is 18.8 Å². The number of para-hydroxylation sites is 1. The molecule has 3 aromatic carbocycles. The topological polar surface area (TPSA) is 117 Å². The molecule has 214 valence electrons. The number of rotatable bonds is 9. The SMILES string of the molecule is CCOC(=O)CCn1c(=NC(=O)c2ccc(S(=O)(=O)N(CC)c3ccccc3)cc2)sc2cc3c(cc21)OCCO3. The molecule has 0 radical (unpaired) electrons. The van der Waals surface area contributed by atoms with E-state index in [9.17, 15) is 18.0 Å². The minimum Gasteiger partial charge on any atom is -0.486 e. The normalized spacial score (nSPS) is 13.3. The summed E-state index contributed by atoms with van der Waals surface area (Å²) in [5.41, 5.74) is 1.53. The number of hydrogen-bond acceptors (Lipinski definition) is 8. The molecule has 0 aliphatic carbocycles. The first-order valence-corrected chi connectivity index (χ1v) is 15.4. The monoisotopic (exact) mass is 595 g/mol. The summed E-state index contributed by atoms with van der Waals surface area (Å²) in [6, 6.07) is 18.2. The molecule has 0 saturated heterocycles. The molecule has 4 aromatic rings. The lowest BCUT2D eigenvalue weighted by Crippen LogP contribution is -2.30. The van der Waals surface area contributed by atoms with Gasteiger partial charge in [0.15, 0.2) is 16.3 Å². The predicted molar refractivity (Wildman–Crippen MR) is 155 cm³/mol. The van der Waals surface area contributed by atoms with Crippen LogP contribution in [0.3, 0.4) is 0 Å². The Kier molecular flexibility index (Phi) is 8.41. The van der Waals surface area contributed by atoms with Crippen molar-refractivity contribution >= 4 is 49.1 Å². The van der Waals surface area contributed by atoms with Crippen molar-refractivity contribution in [2.24, 2.45) is 4.99 Å². The van der Waals surface area contributed by atoms with Gasteiger partial charge in [-0.1, -0.05) is 29.5 Å². The molecule has 2 heterocycles. The Balaban J connectivity index is 1.47. The summed E-state index contributed by atoms with van der Waals surface area (Å²) in [7, 11) is -3.84. The van der Waals surface area contributed by atoms with Gasteiger partial charge in [0.1, 0.15) is 13.2 Å². The summed E-state index contributed by atoms with van der Waals surface area (Å²) < 4.78 is 47.1. The molecule has 0 fully saturated rings. The number of carbonyl (C=O) groups is 2. The highest BCUT2D eigenvalue weighted by atomic mass is 32.2. The van der Waals surface area contributed by atoms with Gasteiger partial charge >= 0.3 is 5.97 Å². The fourth-order valence-electron chi connectivity index (χ4n) is 4.48. The second-order valence-corrected chi connectivity index (χ2v) is 11.9. The first-order chi connectivity index (χ1) is 19.8. The molecule has 0 N–H and O–H groups in total. The molecule has 1 amide bonds. The highest BCUT2D eigenvalue weighted by molar-refractivity contribution is 7.92. The van der Waals surface area contributed by atoms with Gasteiger partial charge in [0.25, 0.3) is 15.9 Å². The van der Waals surface area contributed by atoms with Crippen LogP contribution in [-0.2, 0) is 26.1 Å². The van der Waals surface area contributed by atoms with Gasteiger partial charge in [0, 0.05) is 30.8 Å².